The summed E-state index contributed by atoms with van der Waals surface area (Å²) in [5.74, 6) is 0.121. The number of thiophene rings is 1. The first kappa shape index (κ1) is 13.2. The first-order valence-corrected chi connectivity index (χ1v) is 7.84. The lowest BCUT2D eigenvalue weighted by Crippen LogP contribution is -2.30. The second-order valence-corrected chi connectivity index (χ2v) is 5.98. The zero-order valence-electron chi connectivity index (χ0n) is 11.6. The number of fused-ring (bicyclic) bond motifs is 1. The van der Waals surface area contributed by atoms with Crippen molar-refractivity contribution in [2.45, 2.75) is 19.9 Å². The third kappa shape index (κ3) is 2.56. The number of carbonyl (C=O) groups excluding carboxylic acids is 1. The minimum absolute atomic E-state index is 0.121. The molecule has 1 N–H and O–H groups in total. The largest absolute Gasteiger partial charge is 0.384 e. The van der Waals surface area contributed by atoms with Gasteiger partial charge in [0.25, 0.3) is 5.91 Å². The van der Waals surface area contributed by atoms with Gasteiger partial charge in [-0.1, -0.05) is 6.07 Å². The summed E-state index contributed by atoms with van der Waals surface area (Å²) < 4.78 is 0. The molecule has 0 aliphatic carbocycles. The van der Waals surface area contributed by atoms with E-state index in [0.29, 0.717) is 6.54 Å². The van der Waals surface area contributed by atoms with Gasteiger partial charge >= 0.3 is 0 Å². The van der Waals surface area contributed by atoms with E-state index >= 15 is 0 Å². The Bertz CT molecular complexity index is 607. The van der Waals surface area contributed by atoms with Gasteiger partial charge in [0.05, 0.1) is 6.54 Å². The summed E-state index contributed by atoms with van der Waals surface area (Å²) >= 11 is 1.70. The minimum Gasteiger partial charge on any atom is -0.384 e. The van der Waals surface area contributed by atoms with Crippen LogP contribution in [0.15, 0.2) is 35.7 Å². The molecule has 104 valence electrons. The summed E-state index contributed by atoms with van der Waals surface area (Å²) in [7, 11) is 0. The van der Waals surface area contributed by atoms with E-state index in [9.17, 15) is 4.79 Å². The number of nitrogens with one attached hydrogen (secondary N) is 1. The smallest absolute Gasteiger partial charge is 0.254 e. The molecule has 0 atom stereocenters. The van der Waals surface area contributed by atoms with Crippen LogP contribution in [0.2, 0.25) is 0 Å². The summed E-state index contributed by atoms with van der Waals surface area (Å²) in [5, 5.41) is 5.37. The first-order chi connectivity index (χ1) is 9.78. The molecule has 4 heteroatoms. The van der Waals surface area contributed by atoms with Crippen LogP contribution in [0.3, 0.4) is 0 Å². The first-order valence-electron chi connectivity index (χ1n) is 6.96. The van der Waals surface area contributed by atoms with Crippen LogP contribution in [0.1, 0.15) is 27.7 Å². The molecule has 1 amide bonds. The third-order valence-electron chi connectivity index (χ3n) is 3.66. The number of rotatable bonds is 4. The second kappa shape index (κ2) is 5.67. The summed E-state index contributed by atoms with van der Waals surface area (Å²) in [6.45, 7) is 4.43. The molecular weight excluding hydrogens is 268 g/mol. The Morgan fingerprint density at radius 1 is 1.40 bits per heavy atom. The maximum absolute atomic E-state index is 12.6. The zero-order chi connectivity index (χ0) is 13.9. The summed E-state index contributed by atoms with van der Waals surface area (Å²) in [6.07, 6.45) is 1.01. The van der Waals surface area contributed by atoms with E-state index in [4.69, 9.17) is 0 Å². The Labute approximate surface area is 123 Å². The lowest BCUT2D eigenvalue weighted by atomic mass is 10.1. The number of amides is 1. The van der Waals surface area contributed by atoms with Crippen molar-refractivity contribution >= 4 is 22.9 Å². The number of carbonyl (C=O) groups is 1. The van der Waals surface area contributed by atoms with Gasteiger partial charge < -0.3 is 10.2 Å². The van der Waals surface area contributed by atoms with Gasteiger partial charge in [0.2, 0.25) is 0 Å². The Hall–Kier alpha value is -1.81. The Balaban J connectivity index is 1.79. The van der Waals surface area contributed by atoms with Crippen LogP contribution < -0.4 is 5.32 Å². The van der Waals surface area contributed by atoms with E-state index in [1.807, 2.05) is 36.1 Å². The number of hydrogen-bond donors (Lipinski definition) is 1. The Kier molecular flexibility index (Phi) is 3.74. The van der Waals surface area contributed by atoms with Crippen molar-refractivity contribution in [3.05, 3.63) is 51.7 Å². The highest BCUT2D eigenvalue weighted by Gasteiger charge is 2.18. The lowest BCUT2D eigenvalue weighted by Gasteiger charge is -2.20. The fraction of sp³-hybridized carbons (Fsp3) is 0.312. The third-order valence-corrected chi connectivity index (χ3v) is 4.52. The molecule has 2 heterocycles. The van der Waals surface area contributed by atoms with Gasteiger partial charge in [-0.25, -0.2) is 0 Å². The summed E-state index contributed by atoms with van der Waals surface area (Å²) in [6, 6.07) is 10.1. The highest BCUT2D eigenvalue weighted by atomic mass is 32.1. The van der Waals surface area contributed by atoms with E-state index in [2.05, 4.69) is 16.8 Å². The van der Waals surface area contributed by atoms with Crippen molar-refractivity contribution < 1.29 is 4.79 Å². The van der Waals surface area contributed by atoms with Crippen LogP contribution >= 0.6 is 11.3 Å². The highest BCUT2D eigenvalue weighted by Crippen LogP contribution is 2.24. The van der Waals surface area contributed by atoms with Gasteiger partial charge in [0.1, 0.15) is 0 Å². The van der Waals surface area contributed by atoms with E-state index in [-0.39, 0.29) is 5.91 Å². The van der Waals surface area contributed by atoms with Crippen LogP contribution in [0.25, 0.3) is 0 Å². The average Bonchev–Trinajstić information content (AvgIpc) is 3.14. The van der Waals surface area contributed by atoms with Gasteiger partial charge in [0.15, 0.2) is 0 Å². The molecule has 1 aliphatic heterocycles. The Morgan fingerprint density at radius 3 is 3.05 bits per heavy atom. The van der Waals surface area contributed by atoms with Crippen LogP contribution in [0.5, 0.6) is 0 Å². The molecule has 0 saturated heterocycles. The molecule has 0 spiro atoms. The number of anilines is 1. The normalized spacial score (nSPS) is 12.8. The molecule has 1 aromatic carbocycles. The van der Waals surface area contributed by atoms with Crippen molar-refractivity contribution in [2.75, 3.05) is 18.4 Å². The van der Waals surface area contributed by atoms with Crippen molar-refractivity contribution in [3.8, 4) is 0 Å². The van der Waals surface area contributed by atoms with E-state index < -0.39 is 0 Å². The van der Waals surface area contributed by atoms with Crippen LogP contribution in [0.4, 0.5) is 5.69 Å². The predicted molar refractivity (Wildman–Crippen MR) is 83.4 cm³/mol. The SMILES string of the molecule is CCN(Cc1cccs1)C(=O)c1ccc2c(c1)CCN2. The fourth-order valence-electron chi connectivity index (χ4n) is 2.54. The van der Waals surface area contributed by atoms with Crippen LogP contribution in [-0.2, 0) is 13.0 Å². The van der Waals surface area contributed by atoms with Crippen LogP contribution in [0, 0.1) is 0 Å². The molecule has 3 rings (SSSR count). The molecule has 1 aliphatic rings. The predicted octanol–water partition coefficient (Wildman–Crippen LogP) is 3.38. The van der Waals surface area contributed by atoms with E-state index in [1.165, 1.54) is 16.1 Å². The molecule has 0 saturated carbocycles. The molecule has 2 aromatic rings. The standard InChI is InChI=1S/C16H18N2OS/c1-2-18(11-14-4-3-9-20-14)16(19)13-5-6-15-12(10-13)7-8-17-15/h3-6,9-10,17H,2,7-8,11H2,1H3. The van der Waals surface area contributed by atoms with E-state index in [1.54, 1.807) is 11.3 Å². The topological polar surface area (TPSA) is 32.3 Å². The van der Waals surface area contributed by atoms with Gasteiger partial charge in [0, 0.05) is 29.2 Å². The molecule has 0 unspecified atom stereocenters. The van der Waals surface area contributed by atoms with Crippen molar-refractivity contribution in [1.29, 1.82) is 0 Å². The highest BCUT2D eigenvalue weighted by molar-refractivity contribution is 7.09. The summed E-state index contributed by atoms with van der Waals surface area (Å²) in [4.78, 5) is 15.7. The van der Waals surface area contributed by atoms with E-state index in [0.717, 1.165) is 25.1 Å². The zero-order valence-corrected chi connectivity index (χ0v) is 12.4. The number of benzene rings is 1. The second-order valence-electron chi connectivity index (χ2n) is 4.95. The molecule has 0 radical (unpaired) electrons. The molecule has 0 fully saturated rings. The van der Waals surface area contributed by atoms with Crippen molar-refractivity contribution in [2.24, 2.45) is 0 Å². The quantitative estimate of drug-likeness (QED) is 0.934. The minimum atomic E-state index is 0.121. The van der Waals surface area contributed by atoms with Gasteiger partial charge in [-0.2, -0.15) is 0 Å². The van der Waals surface area contributed by atoms with Gasteiger partial charge in [-0.05, 0) is 48.6 Å². The lowest BCUT2D eigenvalue weighted by molar-refractivity contribution is 0.0754. The molecule has 1 aromatic heterocycles. The fourth-order valence-corrected chi connectivity index (χ4v) is 3.26. The van der Waals surface area contributed by atoms with Crippen molar-refractivity contribution in [1.82, 2.24) is 4.90 Å². The molecular formula is C16H18N2OS. The Morgan fingerprint density at radius 2 is 2.30 bits per heavy atom. The number of hydrogen-bond acceptors (Lipinski definition) is 3. The molecule has 20 heavy (non-hydrogen) atoms. The monoisotopic (exact) mass is 286 g/mol. The van der Waals surface area contributed by atoms with Gasteiger partial charge in [-0.3, -0.25) is 4.79 Å². The maximum atomic E-state index is 12.6. The molecule has 0 bridgehead atoms. The van der Waals surface area contributed by atoms with Crippen LogP contribution in [-0.4, -0.2) is 23.9 Å². The molecule has 3 nitrogen and oxygen atoms in total. The van der Waals surface area contributed by atoms with Gasteiger partial charge in [-0.15, -0.1) is 11.3 Å². The summed E-state index contributed by atoms with van der Waals surface area (Å²) in [5.41, 5.74) is 3.22. The average molecular weight is 286 g/mol. The van der Waals surface area contributed by atoms with Crippen molar-refractivity contribution in [3.63, 3.8) is 0 Å². The number of nitrogens with zero attached hydrogens (tertiary/aromatic N) is 1. The maximum Gasteiger partial charge on any atom is 0.254 e.